The first-order valence-electron chi connectivity index (χ1n) is 7.13. The molecule has 1 aromatic heterocycles. The molecule has 0 spiro atoms. The van der Waals surface area contributed by atoms with E-state index in [0.717, 1.165) is 0 Å². The third kappa shape index (κ3) is 1.62. The molecule has 0 saturated carbocycles. The van der Waals surface area contributed by atoms with Crippen molar-refractivity contribution in [1.29, 1.82) is 0 Å². The summed E-state index contributed by atoms with van der Waals surface area (Å²) in [7, 11) is 0. The van der Waals surface area contributed by atoms with E-state index in [9.17, 15) is 0 Å². The topological polar surface area (TPSA) is 0 Å². The van der Waals surface area contributed by atoms with Crippen molar-refractivity contribution in [3.05, 3.63) is 72.8 Å². The second-order valence-corrected chi connectivity index (χ2v) is 7.73. The van der Waals surface area contributed by atoms with E-state index in [4.69, 9.17) is 0 Å². The molecule has 0 aliphatic heterocycles. The Morgan fingerprint density at radius 1 is 0.476 bits per heavy atom. The first-order valence-corrected chi connectivity index (χ1v) is 8.84. The summed E-state index contributed by atoms with van der Waals surface area (Å²) in [5.41, 5.74) is 0. The van der Waals surface area contributed by atoms with Gasteiger partial charge in [-0.3, -0.25) is 0 Å². The number of hydrogen-bond donors (Lipinski definition) is 0. The molecule has 1 heteroatoms. The Balaban J connectivity index is 2.06. The zero-order valence-electron chi connectivity index (χ0n) is 11.3. The molecule has 0 bridgehead atoms. The molecular formula is C20H12Se. The van der Waals surface area contributed by atoms with Gasteiger partial charge < -0.3 is 0 Å². The zero-order chi connectivity index (χ0) is 13.8. The summed E-state index contributed by atoms with van der Waals surface area (Å²) in [6.07, 6.45) is 0. The van der Waals surface area contributed by atoms with Crippen molar-refractivity contribution < 1.29 is 0 Å². The average molecular weight is 331 g/mol. The van der Waals surface area contributed by atoms with E-state index < -0.39 is 0 Å². The standard InChI is InChI=1S/C20H12Se/c1-2-6-15-13(5-1)9-10-14-11-20-18(12-17(14)15)16-7-3-4-8-19(16)21-20/h1-12H. The van der Waals surface area contributed by atoms with Gasteiger partial charge in [-0.2, -0.15) is 0 Å². The van der Waals surface area contributed by atoms with Crippen LogP contribution in [-0.2, 0) is 0 Å². The Kier molecular flexibility index (Phi) is 2.32. The van der Waals surface area contributed by atoms with Crippen LogP contribution in [0.1, 0.15) is 0 Å². The van der Waals surface area contributed by atoms with Crippen molar-refractivity contribution in [2.45, 2.75) is 0 Å². The maximum absolute atomic E-state index is 2.40. The van der Waals surface area contributed by atoms with Crippen LogP contribution in [-0.4, -0.2) is 14.5 Å². The van der Waals surface area contributed by atoms with E-state index >= 15 is 0 Å². The van der Waals surface area contributed by atoms with Gasteiger partial charge in [0, 0.05) is 0 Å². The van der Waals surface area contributed by atoms with Crippen LogP contribution >= 0.6 is 0 Å². The van der Waals surface area contributed by atoms with E-state index in [2.05, 4.69) is 72.8 Å². The summed E-state index contributed by atoms with van der Waals surface area (Å²) in [6, 6.07) is 26.8. The van der Waals surface area contributed by atoms with Crippen LogP contribution in [0, 0.1) is 0 Å². The Labute approximate surface area is 128 Å². The third-order valence-electron chi connectivity index (χ3n) is 4.24. The molecule has 5 rings (SSSR count). The van der Waals surface area contributed by atoms with Crippen molar-refractivity contribution >= 4 is 55.3 Å². The Bertz CT molecular complexity index is 1130. The molecule has 0 aliphatic carbocycles. The molecule has 0 aliphatic rings. The number of fused-ring (bicyclic) bond motifs is 6. The number of hydrogen-bond acceptors (Lipinski definition) is 0. The molecule has 0 N–H and O–H groups in total. The molecule has 0 atom stereocenters. The quantitative estimate of drug-likeness (QED) is 0.265. The van der Waals surface area contributed by atoms with Gasteiger partial charge in [-0.25, -0.2) is 0 Å². The molecule has 1 heterocycles. The molecule has 0 fully saturated rings. The summed E-state index contributed by atoms with van der Waals surface area (Å²) < 4.78 is 3.03. The predicted octanol–water partition coefficient (Wildman–Crippen LogP) is 5.36. The van der Waals surface area contributed by atoms with Crippen molar-refractivity contribution in [3.63, 3.8) is 0 Å². The Morgan fingerprint density at radius 2 is 1.24 bits per heavy atom. The van der Waals surface area contributed by atoms with Gasteiger partial charge in [0.05, 0.1) is 0 Å². The average Bonchev–Trinajstić information content (AvgIpc) is 2.90. The first kappa shape index (κ1) is 11.6. The minimum atomic E-state index is 0.450. The van der Waals surface area contributed by atoms with Crippen LogP contribution in [0.15, 0.2) is 72.8 Å². The summed E-state index contributed by atoms with van der Waals surface area (Å²) >= 11 is 0.450. The molecule has 0 unspecified atom stereocenters. The van der Waals surface area contributed by atoms with Gasteiger partial charge in [-0.15, -0.1) is 0 Å². The number of benzene rings is 4. The summed E-state index contributed by atoms with van der Waals surface area (Å²) in [5.74, 6) is 0. The molecular weight excluding hydrogens is 319 g/mol. The minimum absolute atomic E-state index is 0.450. The van der Waals surface area contributed by atoms with Gasteiger partial charge in [0.25, 0.3) is 0 Å². The normalized spacial score (nSPS) is 11.8. The van der Waals surface area contributed by atoms with E-state index in [1.165, 1.54) is 40.8 Å². The van der Waals surface area contributed by atoms with E-state index in [-0.39, 0.29) is 0 Å². The number of rotatable bonds is 0. The van der Waals surface area contributed by atoms with Crippen molar-refractivity contribution in [2.24, 2.45) is 0 Å². The van der Waals surface area contributed by atoms with Gasteiger partial charge in [0.15, 0.2) is 0 Å². The molecule has 0 saturated heterocycles. The monoisotopic (exact) mass is 332 g/mol. The van der Waals surface area contributed by atoms with E-state index in [0.29, 0.717) is 14.5 Å². The van der Waals surface area contributed by atoms with Gasteiger partial charge in [-0.05, 0) is 0 Å². The van der Waals surface area contributed by atoms with Crippen LogP contribution in [0.5, 0.6) is 0 Å². The van der Waals surface area contributed by atoms with Gasteiger partial charge >= 0.3 is 128 Å². The molecule has 0 radical (unpaired) electrons. The van der Waals surface area contributed by atoms with Crippen LogP contribution in [0.2, 0.25) is 0 Å². The van der Waals surface area contributed by atoms with Crippen LogP contribution in [0.4, 0.5) is 0 Å². The maximum atomic E-state index is 2.40. The van der Waals surface area contributed by atoms with Crippen LogP contribution < -0.4 is 0 Å². The molecule has 0 amide bonds. The Hall–Kier alpha value is -2.08. The van der Waals surface area contributed by atoms with Crippen molar-refractivity contribution in [2.75, 3.05) is 0 Å². The first-order chi connectivity index (χ1) is 10.4. The molecule has 4 aromatic carbocycles. The van der Waals surface area contributed by atoms with Gasteiger partial charge in [0.2, 0.25) is 0 Å². The SMILES string of the molecule is c1ccc2c(c1)ccc1cc3[se]c4ccccc4c3cc12. The van der Waals surface area contributed by atoms with E-state index in [1.54, 1.807) is 0 Å². The van der Waals surface area contributed by atoms with Crippen molar-refractivity contribution in [3.8, 4) is 0 Å². The van der Waals surface area contributed by atoms with Crippen molar-refractivity contribution in [1.82, 2.24) is 0 Å². The third-order valence-corrected chi connectivity index (χ3v) is 6.62. The summed E-state index contributed by atoms with van der Waals surface area (Å²) in [5, 5.41) is 8.29. The Morgan fingerprint density at radius 3 is 2.19 bits per heavy atom. The molecule has 98 valence electrons. The predicted molar refractivity (Wildman–Crippen MR) is 93.4 cm³/mol. The van der Waals surface area contributed by atoms with Crippen LogP contribution in [0.25, 0.3) is 40.8 Å². The summed E-state index contributed by atoms with van der Waals surface area (Å²) in [6.45, 7) is 0. The second kappa shape index (κ2) is 4.21. The van der Waals surface area contributed by atoms with Gasteiger partial charge in [0.1, 0.15) is 0 Å². The zero-order valence-corrected chi connectivity index (χ0v) is 13.0. The fourth-order valence-corrected chi connectivity index (χ4v) is 5.61. The molecule has 0 nitrogen and oxygen atoms in total. The fourth-order valence-electron chi connectivity index (χ4n) is 3.23. The van der Waals surface area contributed by atoms with Gasteiger partial charge in [-0.1, -0.05) is 0 Å². The van der Waals surface area contributed by atoms with Crippen LogP contribution in [0.3, 0.4) is 0 Å². The molecule has 21 heavy (non-hydrogen) atoms. The fraction of sp³-hybridized carbons (Fsp3) is 0. The summed E-state index contributed by atoms with van der Waals surface area (Å²) in [4.78, 5) is 0. The van der Waals surface area contributed by atoms with E-state index in [1.807, 2.05) is 0 Å². The second-order valence-electron chi connectivity index (χ2n) is 5.45. The molecule has 5 aromatic rings.